The Labute approximate surface area is 121 Å². The number of hydrogen-bond donors (Lipinski definition) is 2. The lowest BCUT2D eigenvalue weighted by Gasteiger charge is -2.39. The zero-order valence-corrected chi connectivity index (χ0v) is 12.8. The van der Waals surface area contributed by atoms with Gasteiger partial charge >= 0.3 is 0 Å². The molecule has 1 fully saturated rings. The summed E-state index contributed by atoms with van der Waals surface area (Å²) in [4.78, 5) is 12.3. The molecule has 1 aromatic rings. The van der Waals surface area contributed by atoms with Crippen LogP contribution in [0.5, 0.6) is 0 Å². The molecule has 1 saturated carbocycles. The third-order valence-electron chi connectivity index (χ3n) is 4.54. The molecule has 3 N–H and O–H groups in total. The van der Waals surface area contributed by atoms with Crippen LogP contribution in [0.3, 0.4) is 0 Å². The average Bonchev–Trinajstić information content (AvgIpc) is 2.41. The van der Waals surface area contributed by atoms with Crippen LogP contribution in [-0.4, -0.2) is 11.9 Å². The van der Waals surface area contributed by atoms with Crippen molar-refractivity contribution >= 4 is 5.91 Å². The van der Waals surface area contributed by atoms with E-state index in [9.17, 15) is 4.79 Å². The molecule has 3 nitrogen and oxygen atoms in total. The molecule has 0 spiro atoms. The first-order valence-corrected chi connectivity index (χ1v) is 7.53. The van der Waals surface area contributed by atoms with Gasteiger partial charge in [0.25, 0.3) is 0 Å². The summed E-state index contributed by atoms with van der Waals surface area (Å²) in [5, 5.41) is 3.16. The normalized spacial score (nSPS) is 23.1. The second-order valence-electron chi connectivity index (χ2n) is 6.68. The molecule has 0 bridgehead atoms. The summed E-state index contributed by atoms with van der Waals surface area (Å²) in [5.74, 6) is -0.0613. The second-order valence-corrected chi connectivity index (χ2v) is 6.68. The molecule has 1 aromatic carbocycles. The Bertz CT molecular complexity index is 464. The van der Waals surface area contributed by atoms with Gasteiger partial charge in [-0.25, -0.2) is 0 Å². The molecular weight excluding hydrogens is 248 g/mol. The fourth-order valence-corrected chi connectivity index (χ4v) is 2.95. The van der Waals surface area contributed by atoms with Crippen LogP contribution in [0.2, 0.25) is 0 Å². The van der Waals surface area contributed by atoms with E-state index in [1.807, 2.05) is 31.2 Å². The van der Waals surface area contributed by atoms with Crippen molar-refractivity contribution in [2.24, 2.45) is 11.1 Å². The zero-order chi connectivity index (χ0) is 14.8. The van der Waals surface area contributed by atoms with E-state index in [4.69, 9.17) is 5.73 Å². The van der Waals surface area contributed by atoms with Crippen molar-refractivity contribution in [2.75, 3.05) is 0 Å². The predicted molar refractivity (Wildman–Crippen MR) is 82.3 cm³/mol. The maximum absolute atomic E-state index is 12.3. The molecule has 0 heterocycles. The number of hydrogen-bond acceptors (Lipinski definition) is 2. The Morgan fingerprint density at radius 3 is 2.55 bits per heavy atom. The summed E-state index contributed by atoms with van der Waals surface area (Å²) in [6.45, 7) is 6.49. The molecule has 20 heavy (non-hydrogen) atoms. The minimum absolute atomic E-state index is 0.0613. The fourth-order valence-electron chi connectivity index (χ4n) is 2.95. The van der Waals surface area contributed by atoms with E-state index in [0.29, 0.717) is 0 Å². The molecule has 2 atom stereocenters. The number of amides is 1. The van der Waals surface area contributed by atoms with Gasteiger partial charge in [-0.15, -0.1) is 0 Å². The Balaban J connectivity index is 2.02. The lowest BCUT2D eigenvalue weighted by molar-refractivity contribution is -0.124. The van der Waals surface area contributed by atoms with E-state index in [0.717, 1.165) is 18.4 Å². The number of nitrogens with two attached hydrogens (primary N) is 1. The van der Waals surface area contributed by atoms with Gasteiger partial charge in [0.1, 0.15) is 6.04 Å². The highest BCUT2D eigenvalue weighted by Crippen LogP contribution is 2.35. The van der Waals surface area contributed by atoms with Gasteiger partial charge in [-0.1, -0.05) is 56.5 Å². The van der Waals surface area contributed by atoms with E-state index in [2.05, 4.69) is 19.2 Å². The molecule has 0 aromatic heterocycles. The molecule has 3 heteroatoms. The van der Waals surface area contributed by atoms with Gasteiger partial charge in [0, 0.05) is 6.04 Å². The Hall–Kier alpha value is -1.35. The van der Waals surface area contributed by atoms with Crippen LogP contribution in [-0.2, 0) is 4.79 Å². The van der Waals surface area contributed by atoms with Crippen LogP contribution in [0.15, 0.2) is 24.3 Å². The van der Waals surface area contributed by atoms with Crippen LogP contribution in [0.1, 0.15) is 56.7 Å². The van der Waals surface area contributed by atoms with Crippen molar-refractivity contribution in [3.8, 4) is 0 Å². The van der Waals surface area contributed by atoms with Crippen LogP contribution in [0.4, 0.5) is 0 Å². The van der Waals surface area contributed by atoms with E-state index >= 15 is 0 Å². The predicted octanol–water partition coefficient (Wildman–Crippen LogP) is 3.08. The number of benzene rings is 1. The Morgan fingerprint density at radius 1 is 1.30 bits per heavy atom. The molecule has 2 rings (SSSR count). The quantitative estimate of drug-likeness (QED) is 0.890. The van der Waals surface area contributed by atoms with Crippen molar-refractivity contribution in [3.63, 3.8) is 0 Å². The third kappa shape index (κ3) is 3.40. The smallest absolute Gasteiger partial charge is 0.241 e. The fraction of sp³-hybridized carbons (Fsp3) is 0.588. The van der Waals surface area contributed by atoms with E-state index in [1.165, 1.54) is 18.4 Å². The molecule has 1 aliphatic rings. The number of carbonyl (C=O) groups excluding carboxylic acids is 1. The Morgan fingerprint density at radius 2 is 1.95 bits per heavy atom. The summed E-state index contributed by atoms with van der Waals surface area (Å²) in [6, 6.07) is 7.52. The van der Waals surface area contributed by atoms with E-state index < -0.39 is 6.04 Å². The number of nitrogens with one attached hydrogen (secondary N) is 1. The van der Waals surface area contributed by atoms with Crippen molar-refractivity contribution in [2.45, 2.75) is 58.5 Å². The van der Waals surface area contributed by atoms with Crippen molar-refractivity contribution in [1.82, 2.24) is 5.32 Å². The molecule has 1 amide bonds. The van der Waals surface area contributed by atoms with Crippen molar-refractivity contribution in [3.05, 3.63) is 35.4 Å². The minimum Gasteiger partial charge on any atom is -0.351 e. The van der Waals surface area contributed by atoms with Gasteiger partial charge in [0.15, 0.2) is 0 Å². The highest BCUT2D eigenvalue weighted by Gasteiger charge is 2.34. The van der Waals surface area contributed by atoms with Crippen LogP contribution in [0.25, 0.3) is 0 Å². The van der Waals surface area contributed by atoms with E-state index in [1.54, 1.807) is 0 Å². The minimum atomic E-state index is -0.576. The molecule has 0 saturated heterocycles. The first-order chi connectivity index (χ1) is 9.40. The summed E-state index contributed by atoms with van der Waals surface area (Å²) in [6.07, 6.45) is 4.66. The zero-order valence-electron chi connectivity index (χ0n) is 12.8. The Kier molecular flexibility index (Phi) is 4.48. The van der Waals surface area contributed by atoms with Crippen molar-refractivity contribution in [1.29, 1.82) is 0 Å². The molecule has 1 aliphatic carbocycles. The number of carbonyl (C=O) groups is 1. The maximum Gasteiger partial charge on any atom is 0.241 e. The van der Waals surface area contributed by atoms with Gasteiger partial charge in [-0.05, 0) is 30.7 Å². The van der Waals surface area contributed by atoms with Gasteiger partial charge in [0.2, 0.25) is 5.91 Å². The van der Waals surface area contributed by atoms with Crippen LogP contribution >= 0.6 is 0 Å². The van der Waals surface area contributed by atoms with Gasteiger partial charge in [0.05, 0.1) is 0 Å². The molecule has 0 radical (unpaired) electrons. The average molecular weight is 274 g/mol. The van der Waals surface area contributed by atoms with Crippen LogP contribution in [0, 0.1) is 12.3 Å². The molecule has 0 aliphatic heterocycles. The molecule has 2 unspecified atom stereocenters. The van der Waals surface area contributed by atoms with Gasteiger partial charge in [-0.3, -0.25) is 4.79 Å². The lowest BCUT2D eigenvalue weighted by Crippen LogP contribution is -2.49. The van der Waals surface area contributed by atoms with Gasteiger partial charge in [-0.2, -0.15) is 0 Å². The van der Waals surface area contributed by atoms with Crippen molar-refractivity contribution < 1.29 is 4.79 Å². The number of aryl methyl sites for hydroxylation is 1. The first-order valence-electron chi connectivity index (χ1n) is 7.53. The van der Waals surface area contributed by atoms with E-state index in [-0.39, 0.29) is 17.4 Å². The summed E-state index contributed by atoms with van der Waals surface area (Å²) in [5.41, 5.74) is 8.30. The topological polar surface area (TPSA) is 55.1 Å². The standard InChI is InChI=1S/C17H26N2O/c1-12-7-9-13(10-8-12)15(18)16(20)19-14-6-4-5-11-17(14,2)3/h7-10,14-15H,4-6,11,18H2,1-3H3,(H,19,20). The third-order valence-corrected chi connectivity index (χ3v) is 4.54. The SMILES string of the molecule is Cc1ccc(C(N)C(=O)NC2CCCCC2(C)C)cc1. The second kappa shape index (κ2) is 5.96. The first kappa shape index (κ1) is 15.0. The van der Waals surface area contributed by atoms with Gasteiger partial charge < -0.3 is 11.1 Å². The number of rotatable bonds is 3. The maximum atomic E-state index is 12.3. The van der Waals surface area contributed by atoms with Crippen LogP contribution < -0.4 is 11.1 Å². The molecular formula is C17H26N2O. The monoisotopic (exact) mass is 274 g/mol. The summed E-state index contributed by atoms with van der Waals surface area (Å²) in [7, 11) is 0. The largest absolute Gasteiger partial charge is 0.351 e. The molecule has 110 valence electrons. The highest BCUT2D eigenvalue weighted by molar-refractivity contribution is 5.83. The highest BCUT2D eigenvalue weighted by atomic mass is 16.2. The summed E-state index contributed by atoms with van der Waals surface area (Å²) < 4.78 is 0. The summed E-state index contributed by atoms with van der Waals surface area (Å²) >= 11 is 0. The lowest BCUT2D eigenvalue weighted by atomic mass is 9.73.